The summed E-state index contributed by atoms with van der Waals surface area (Å²) in [6, 6.07) is -0.132. The van der Waals surface area contributed by atoms with E-state index in [1.165, 1.54) is 0 Å². The monoisotopic (exact) mass is 273 g/mol. The average molecular weight is 273 g/mol. The molecule has 1 heterocycles. The first-order valence-corrected chi connectivity index (χ1v) is 7.24. The maximum absolute atomic E-state index is 11.8. The predicted octanol–water partition coefficient (Wildman–Crippen LogP) is 1.36. The molecule has 0 saturated carbocycles. The number of ether oxygens (including phenoxy) is 3. The summed E-state index contributed by atoms with van der Waals surface area (Å²) in [5, 5.41) is 3.22. The molecule has 5 heteroatoms. The van der Waals surface area contributed by atoms with Gasteiger partial charge in [0.05, 0.1) is 6.61 Å². The van der Waals surface area contributed by atoms with Crippen LogP contribution in [0.1, 0.15) is 32.6 Å². The molecule has 112 valence electrons. The lowest BCUT2D eigenvalue weighted by Gasteiger charge is -2.28. The largest absolute Gasteiger partial charge is 0.462 e. The van der Waals surface area contributed by atoms with E-state index in [0.717, 1.165) is 32.2 Å². The second-order valence-electron chi connectivity index (χ2n) is 4.93. The Morgan fingerprint density at radius 1 is 1.26 bits per heavy atom. The van der Waals surface area contributed by atoms with Gasteiger partial charge in [-0.15, -0.1) is 0 Å². The third-order valence-electron chi connectivity index (χ3n) is 3.48. The van der Waals surface area contributed by atoms with Crippen LogP contribution in [0.2, 0.25) is 0 Å². The summed E-state index contributed by atoms with van der Waals surface area (Å²) < 4.78 is 15.5. The van der Waals surface area contributed by atoms with Gasteiger partial charge in [0, 0.05) is 20.3 Å². The molecule has 0 amide bonds. The first-order chi connectivity index (χ1) is 9.27. The zero-order valence-electron chi connectivity index (χ0n) is 12.2. The highest BCUT2D eigenvalue weighted by molar-refractivity contribution is 5.75. The number of nitrogens with one attached hydrogen (secondary N) is 1. The number of hydrogen-bond acceptors (Lipinski definition) is 5. The summed E-state index contributed by atoms with van der Waals surface area (Å²) in [7, 11) is 1.67. The van der Waals surface area contributed by atoms with Crippen LogP contribution in [0.25, 0.3) is 0 Å². The fraction of sp³-hybridized carbons (Fsp3) is 0.929. The molecule has 0 aromatic rings. The molecule has 0 aliphatic carbocycles. The quantitative estimate of drug-likeness (QED) is 0.508. The van der Waals surface area contributed by atoms with Crippen LogP contribution in [0.4, 0.5) is 0 Å². The van der Waals surface area contributed by atoms with E-state index in [4.69, 9.17) is 14.2 Å². The van der Waals surface area contributed by atoms with E-state index in [2.05, 4.69) is 12.2 Å². The molecule has 5 nitrogen and oxygen atoms in total. The lowest BCUT2D eigenvalue weighted by Crippen LogP contribution is -2.44. The van der Waals surface area contributed by atoms with Crippen LogP contribution in [0.5, 0.6) is 0 Å². The van der Waals surface area contributed by atoms with Gasteiger partial charge in [0.2, 0.25) is 0 Å². The average Bonchev–Trinajstić information content (AvgIpc) is 2.46. The fourth-order valence-electron chi connectivity index (χ4n) is 2.26. The van der Waals surface area contributed by atoms with Gasteiger partial charge in [-0.25, -0.2) is 0 Å². The Kier molecular flexibility index (Phi) is 8.79. The van der Waals surface area contributed by atoms with Gasteiger partial charge in [-0.05, 0) is 31.7 Å². The van der Waals surface area contributed by atoms with Gasteiger partial charge in [0.1, 0.15) is 12.6 Å². The van der Waals surface area contributed by atoms with Gasteiger partial charge in [0.25, 0.3) is 0 Å². The zero-order valence-corrected chi connectivity index (χ0v) is 12.2. The van der Waals surface area contributed by atoms with E-state index < -0.39 is 0 Å². The normalized spacial score (nSPS) is 23.3. The van der Waals surface area contributed by atoms with Crippen molar-refractivity contribution >= 4 is 5.97 Å². The van der Waals surface area contributed by atoms with Crippen molar-refractivity contribution < 1.29 is 19.0 Å². The lowest BCUT2D eigenvalue weighted by atomic mass is 9.90. The van der Waals surface area contributed by atoms with Gasteiger partial charge < -0.3 is 19.5 Å². The molecule has 2 unspecified atom stereocenters. The van der Waals surface area contributed by atoms with Crippen molar-refractivity contribution in [2.24, 2.45) is 5.92 Å². The van der Waals surface area contributed by atoms with Crippen LogP contribution < -0.4 is 5.32 Å². The molecule has 0 spiro atoms. The summed E-state index contributed by atoms with van der Waals surface area (Å²) >= 11 is 0. The summed E-state index contributed by atoms with van der Waals surface area (Å²) in [5.74, 6) is 0.503. The van der Waals surface area contributed by atoms with Gasteiger partial charge in [-0.2, -0.15) is 0 Å². The highest BCUT2D eigenvalue weighted by Gasteiger charge is 2.26. The number of esters is 1. The first-order valence-electron chi connectivity index (χ1n) is 7.24. The Balaban J connectivity index is 2.04. The molecule has 1 fully saturated rings. The molecule has 1 saturated heterocycles. The molecule has 0 bridgehead atoms. The number of piperidine rings is 1. The molecule has 0 aromatic heterocycles. The Bertz CT molecular complexity index is 248. The van der Waals surface area contributed by atoms with E-state index in [9.17, 15) is 4.79 Å². The van der Waals surface area contributed by atoms with Crippen molar-refractivity contribution in [3.8, 4) is 0 Å². The Hall–Kier alpha value is -0.650. The van der Waals surface area contributed by atoms with Gasteiger partial charge in [-0.1, -0.05) is 13.3 Å². The smallest absolute Gasteiger partial charge is 0.323 e. The Morgan fingerprint density at radius 3 is 2.84 bits per heavy atom. The second-order valence-corrected chi connectivity index (χ2v) is 4.93. The first kappa shape index (κ1) is 16.4. The maximum Gasteiger partial charge on any atom is 0.323 e. The third-order valence-corrected chi connectivity index (χ3v) is 3.48. The highest BCUT2D eigenvalue weighted by atomic mass is 16.6. The molecule has 1 N–H and O–H groups in total. The number of carbonyl (C=O) groups is 1. The number of carbonyl (C=O) groups excluding carboxylic acids is 1. The minimum atomic E-state index is -0.140. The molecule has 2 atom stereocenters. The topological polar surface area (TPSA) is 56.8 Å². The molecule has 0 aromatic carbocycles. The van der Waals surface area contributed by atoms with Crippen molar-refractivity contribution in [2.75, 3.05) is 40.1 Å². The molecule has 19 heavy (non-hydrogen) atoms. The van der Waals surface area contributed by atoms with Crippen molar-refractivity contribution in [1.82, 2.24) is 5.32 Å². The molecule has 1 aliphatic heterocycles. The van der Waals surface area contributed by atoms with E-state index >= 15 is 0 Å². The second kappa shape index (κ2) is 10.2. The summed E-state index contributed by atoms with van der Waals surface area (Å²) in [4.78, 5) is 11.8. The van der Waals surface area contributed by atoms with Crippen LogP contribution in [0.3, 0.4) is 0 Å². The molecular weight excluding hydrogens is 246 g/mol. The van der Waals surface area contributed by atoms with Crippen molar-refractivity contribution in [2.45, 2.75) is 38.6 Å². The van der Waals surface area contributed by atoms with E-state index in [-0.39, 0.29) is 12.0 Å². The van der Waals surface area contributed by atoms with Gasteiger partial charge >= 0.3 is 5.97 Å². The molecule has 0 radical (unpaired) electrons. The van der Waals surface area contributed by atoms with Crippen LogP contribution in [0, 0.1) is 5.92 Å². The van der Waals surface area contributed by atoms with Crippen molar-refractivity contribution in [3.63, 3.8) is 0 Å². The molecule has 1 aliphatic rings. The van der Waals surface area contributed by atoms with Crippen molar-refractivity contribution in [1.29, 1.82) is 0 Å². The fourth-order valence-corrected chi connectivity index (χ4v) is 2.26. The Labute approximate surface area is 116 Å². The van der Waals surface area contributed by atoms with Gasteiger partial charge in [0.15, 0.2) is 0 Å². The number of hydrogen-bond donors (Lipinski definition) is 1. The number of methoxy groups -OCH3 is 1. The predicted molar refractivity (Wildman–Crippen MR) is 73.1 cm³/mol. The minimum Gasteiger partial charge on any atom is -0.462 e. The summed E-state index contributed by atoms with van der Waals surface area (Å²) in [5.41, 5.74) is 0. The van der Waals surface area contributed by atoms with Gasteiger partial charge in [-0.3, -0.25) is 4.79 Å². The zero-order chi connectivity index (χ0) is 13.9. The summed E-state index contributed by atoms with van der Waals surface area (Å²) in [6.45, 7) is 5.22. The highest BCUT2D eigenvalue weighted by Crippen LogP contribution is 2.19. The van der Waals surface area contributed by atoms with Crippen LogP contribution >= 0.6 is 0 Å². The standard InChI is InChI=1S/C14H27NO4/c1-3-12-5-6-15-13(11-12)14(16)19-10-9-18-8-4-7-17-2/h12-13,15H,3-11H2,1-2H3. The Morgan fingerprint density at radius 2 is 2.11 bits per heavy atom. The van der Waals surface area contributed by atoms with Crippen LogP contribution in [0.15, 0.2) is 0 Å². The maximum atomic E-state index is 11.8. The molecule has 1 rings (SSSR count). The van der Waals surface area contributed by atoms with Crippen LogP contribution in [-0.4, -0.2) is 52.1 Å². The summed E-state index contributed by atoms with van der Waals surface area (Å²) in [6.07, 6.45) is 4.05. The van der Waals surface area contributed by atoms with Crippen LogP contribution in [-0.2, 0) is 19.0 Å². The lowest BCUT2D eigenvalue weighted by molar-refractivity contribution is -0.148. The van der Waals surface area contributed by atoms with Crippen molar-refractivity contribution in [3.05, 3.63) is 0 Å². The molecular formula is C14H27NO4. The van der Waals surface area contributed by atoms with E-state index in [0.29, 0.717) is 32.3 Å². The third kappa shape index (κ3) is 6.89. The SMILES string of the molecule is CCC1CCNC(C(=O)OCCOCCCOC)C1. The minimum absolute atomic E-state index is 0.132. The number of rotatable bonds is 9. The van der Waals surface area contributed by atoms with E-state index in [1.54, 1.807) is 7.11 Å². The van der Waals surface area contributed by atoms with E-state index in [1.807, 2.05) is 0 Å².